The molecule has 1 atom stereocenters. The molecule has 0 fully saturated rings. The summed E-state index contributed by atoms with van der Waals surface area (Å²) in [5, 5.41) is 15.1. The molecule has 3 aromatic rings. The third-order valence-corrected chi connectivity index (χ3v) is 4.67. The highest BCUT2D eigenvalue weighted by molar-refractivity contribution is 7.98. The lowest BCUT2D eigenvalue weighted by molar-refractivity contribution is -0.124. The molecule has 1 amide bonds. The van der Waals surface area contributed by atoms with E-state index in [1.54, 1.807) is 18.0 Å². The Balaban J connectivity index is 1.72. The predicted octanol–water partition coefficient (Wildman–Crippen LogP) is 1.23. The highest BCUT2D eigenvalue weighted by Crippen LogP contribution is 2.15. The van der Waals surface area contributed by atoms with Gasteiger partial charge in [0.1, 0.15) is 12.4 Å². The Labute approximate surface area is 149 Å². The molecule has 130 valence electrons. The van der Waals surface area contributed by atoms with E-state index in [1.807, 2.05) is 48.2 Å². The summed E-state index contributed by atoms with van der Waals surface area (Å²) in [6, 6.07) is 9.30. The smallest absolute Gasteiger partial charge is 0.245 e. The first-order chi connectivity index (χ1) is 12.2. The fourth-order valence-electron chi connectivity index (χ4n) is 2.53. The van der Waals surface area contributed by atoms with Crippen molar-refractivity contribution in [3.8, 4) is 0 Å². The minimum atomic E-state index is -0.509. The number of carbonyl (C=O) groups excluding carboxylic acids is 1. The zero-order valence-electron chi connectivity index (χ0n) is 14.0. The quantitative estimate of drug-likeness (QED) is 0.640. The van der Waals surface area contributed by atoms with Gasteiger partial charge < -0.3 is 9.88 Å². The van der Waals surface area contributed by atoms with Gasteiger partial charge in [0.25, 0.3) is 0 Å². The number of nitrogens with zero attached hydrogens (tertiary/aromatic N) is 6. The molecule has 1 aromatic carbocycles. The van der Waals surface area contributed by atoms with Crippen LogP contribution >= 0.6 is 11.8 Å². The molecular formula is C16H19N7OS. The summed E-state index contributed by atoms with van der Waals surface area (Å²) in [4.78, 5) is 17.1. The SMILES string of the molecule is CSc1ncc(CNC(=O)[C@@H](Cc2ccccc2)n2cnnn2)n1C. The summed E-state index contributed by atoms with van der Waals surface area (Å²) in [5.41, 5.74) is 1.98. The third kappa shape index (κ3) is 4.05. The van der Waals surface area contributed by atoms with Gasteiger partial charge in [-0.05, 0) is 22.2 Å². The summed E-state index contributed by atoms with van der Waals surface area (Å²) >= 11 is 1.57. The average molecular weight is 357 g/mol. The van der Waals surface area contributed by atoms with Gasteiger partial charge in [-0.2, -0.15) is 0 Å². The van der Waals surface area contributed by atoms with Gasteiger partial charge in [-0.15, -0.1) is 5.10 Å². The molecule has 0 radical (unpaired) electrons. The van der Waals surface area contributed by atoms with Crippen molar-refractivity contribution in [2.45, 2.75) is 24.2 Å². The fourth-order valence-corrected chi connectivity index (χ4v) is 3.08. The number of imidazole rings is 1. The van der Waals surface area contributed by atoms with E-state index >= 15 is 0 Å². The van der Waals surface area contributed by atoms with E-state index in [4.69, 9.17) is 0 Å². The van der Waals surface area contributed by atoms with Gasteiger partial charge in [-0.1, -0.05) is 42.1 Å². The number of rotatable bonds is 7. The van der Waals surface area contributed by atoms with E-state index in [0.717, 1.165) is 16.4 Å². The van der Waals surface area contributed by atoms with Gasteiger partial charge in [0.2, 0.25) is 5.91 Å². The molecular weight excluding hydrogens is 338 g/mol. The number of benzene rings is 1. The largest absolute Gasteiger partial charge is 0.349 e. The van der Waals surface area contributed by atoms with Gasteiger partial charge in [-0.25, -0.2) is 9.67 Å². The third-order valence-electron chi connectivity index (χ3n) is 3.93. The van der Waals surface area contributed by atoms with Gasteiger partial charge in [0.05, 0.1) is 18.4 Å². The molecule has 0 bridgehead atoms. The minimum absolute atomic E-state index is 0.136. The molecule has 0 unspecified atom stereocenters. The molecule has 8 nitrogen and oxygen atoms in total. The van der Waals surface area contributed by atoms with Crippen molar-refractivity contribution >= 4 is 17.7 Å². The van der Waals surface area contributed by atoms with Crippen molar-refractivity contribution in [1.29, 1.82) is 0 Å². The number of tetrazole rings is 1. The predicted molar refractivity (Wildman–Crippen MR) is 93.8 cm³/mol. The fraction of sp³-hybridized carbons (Fsp3) is 0.312. The molecule has 0 saturated heterocycles. The summed E-state index contributed by atoms with van der Waals surface area (Å²) in [6.07, 6.45) is 5.72. The maximum Gasteiger partial charge on any atom is 0.245 e. The normalized spacial score (nSPS) is 12.1. The monoisotopic (exact) mass is 357 g/mol. The van der Waals surface area contributed by atoms with Crippen LogP contribution in [-0.2, 0) is 24.8 Å². The Morgan fingerprint density at radius 2 is 2.12 bits per heavy atom. The Hall–Kier alpha value is -2.68. The van der Waals surface area contributed by atoms with Gasteiger partial charge in [0, 0.05) is 13.5 Å². The highest BCUT2D eigenvalue weighted by Gasteiger charge is 2.22. The van der Waals surface area contributed by atoms with Crippen molar-refractivity contribution in [3.63, 3.8) is 0 Å². The summed E-state index contributed by atoms with van der Waals surface area (Å²) < 4.78 is 3.45. The Morgan fingerprint density at radius 1 is 1.32 bits per heavy atom. The standard InChI is InChI=1S/C16H19N7OS/c1-22-13(10-18-16(22)25-2)9-17-15(24)14(23-11-19-20-21-23)8-12-6-4-3-5-7-12/h3-7,10-11,14H,8-9H2,1-2H3,(H,17,24)/t14-/m1/s1. The molecule has 1 N–H and O–H groups in total. The van der Waals surface area contributed by atoms with Crippen molar-refractivity contribution < 1.29 is 4.79 Å². The van der Waals surface area contributed by atoms with Crippen molar-refractivity contribution in [1.82, 2.24) is 35.1 Å². The van der Waals surface area contributed by atoms with E-state index in [-0.39, 0.29) is 5.91 Å². The molecule has 0 spiro atoms. The molecule has 2 aromatic heterocycles. The van der Waals surface area contributed by atoms with Crippen LogP contribution in [0.4, 0.5) is 0 Å². The van der Waals surface area contributed by atoms with Crippen LogP contribution in [0.5, 0.6) is 0 Å². The molecule has 0 aliphatic carbocycles. The number of nitrogens with one attached hydrogen (secondary N) is 1. The molecule has 9 heteroatoms. The topological polar surface area (TPSA) is 90.5 Å². The molecule has 0 saturated carbocycles. The Kier molecular flexibility index (Phi) is 5.44. The van der Waals surface area contributed by atoms with Crippen LogP contribution in [0.3, 0.4) is 0 Å². The van der Waals surface area contributed by atoms with Crippen LogP contribution in [-0.4, -0.2) is 41.9 Å². The number of amides is 1. The molecule has 3 rings (SSSR count). The van der Waals surface area contributed by atoms with Gasteiger partial charge in [-0.3, -0.25) is 4.79 Å². The lowest BCUT2D eigenvalue weighted by atomic mass is 10.1. The van der Waals surface area contributed by atoms with Crippen LogP contribution in [0.15, 0.2) is 48.0 Å². The summed E-state index contributed by atoms with van der Waals surface area (Å²) in [7, 11) is 1.93. The first-order valence-corrected chi connectivity index (χ1v) is 9.00. The van der Waals surface area contributed by atoms with Crippen LogP contribution in [0, 0.1) is 0 Å². The van der Waals surface area contributed by atoms with Crippen LogP contribution < -0.4 is 5.32 Å². The van der Waals surface area contributed by atoms with E-state index in [2.05, 4.69) is 25.8 Å². The minimum Gasteiger partial charge on any atom is -0.349 e. The van der Waals surface area contributed by atoms with E-state index in [9.17, 15) is 4.79 Å². The zero-order valence-corrected chi connectivity index (χ0v) is 14.8. The number of thioether (sulfide) groups is 1. The lowest BCUT2D eigenvalue weighted by Gasteiger charge is -2.16. The average Bonchev–Trinajstić information content (AvgIpc) is 3.28. The summed E-state index contributed by atoms with van der Waals surface area (Å²) in [5.74, 6) is -0.136. The van der Waals surface area contributed by atoms with Crippen LogP contribution in [0.25, 0.3) is 0 Å². The number of carbonyl (C=O) groups is 1. The first-order valence-electron chi connectivity index (χ1n) is 7.77. The number of aromatic nitrogens is 6. The van der Waals surface area contributed by atoms with Gasteiger partial charge >= 0.3 is 0 Å². The number of hydrogen-bond donors (Lipinski definition) is 1. The molecule has 0 aliphatic heterocycles. The van der Waals surface area contributed by atoms with Crippen molar-refractivity contribution in [2.24, 2.45) is 7.05 Å². The highest BCUT2D eigenvalue weighted by atomic mass is 32.2. The molecule has 2 heterocycles. The second-order valence-electron chi connectivity index (χ2n) is 5.51. The summed E-state index contributed by atoms with van der Waals surface area (Å²) in [6.45, 7) is 0.399. The van der Waals surface area contributed by atoms with Gasteiger partial charge in [0.15, 0.2) is 5.16 Å². The van der Waals surface area contributed by atoms with Crippen molar-refractivity contribution in [2.75, 3.05) is 6.26 Å². The zero-order chi connectivity index (χ0) is 17.6. The second kappa shape index (κ2) is 7.93. The second-order valence-corrected chi connectivity index (χ2v) is 6.28. The Bertz CT molecular complexity index is 816. The lowest BCUT2D eigenvalue weighted by Crippen LogP contribution is -2.34. The van der Waals surface area contributed by atoms with E-state index in [0.29, 0.717) is 13.0 Å². The van der Waals surface area contributed by atoms with E-state index < -0.39 is 6.04 Å². The first kappa shape index (κ1) is 17.2. The van der Waals surface area contributed by atoms with Crippen LogP contribution in [0.1, 0.15) is 17.3 Å². The number of hydrogen-bond acceptors (Lipinski definition) is 6. The van der Waals surface area contributed by atoms with Crippen LogP contribution in [0.2, 0.25) is 0 Å². The molecule has 0 aliphatic rings. The maximum atomic E-state index is 12.7. The van der Waals surface area contributed by atoms with Crippen molar-refractivity contribution in [3.05, 3.63) is 54.1 Å². The van der Waals surface area contributed by atoms with E-state index in [1.165, 1.54) is 11.0 Å². The maximum absolute atomic E-state index is 12.7. The molecule has 25 heavy (non-hydrogen) atoms. The Morgan fingerprint density at radius 3 is 2.76 bits per heavy atom.